The Kier molecular flexibility index (Phi) is 3.65. The lowest BCUT2D eigenvalue weighted by molar-refractivity contribution is 0.0966. The molecule has 0 radical (unpaired) electrons. The first-order chi connectivity index (χ1) is 8.31. The van der Waals surface area contributed by atoms with Crippen LogP contribution in [0.3, 0.4) is 0 Å². The number of hydrogen-bond acceptors (Lipinski definition) is 3. The van der Waals surface area contributed by atoms with E-state index in [1.807, 2.05) is 16.8 Å². The van der Waals surface area contributed by atoms with Crippen molar-refractivity contribution in [2.75, 3.05) is 0 Å². The van der Waals surface area contributed by atoms with Gasteiger partial charge in [0.05, 0.1) is 6.54 Å². The van der Waals surface area contributed by atoms with Crippen molar-refractivity contribution in [1.82, 2.24) is 14.5 Å². The van der Waals surface area contributed by atoms with Crippen molar-refractivity contribution in [3.05, 3.63) is 48.3 Å². The molecule has 0 bridgehead atoms. The lowest BCUT2D eigenvalue weighted by Gasteiger charge is -2.05. The molecule has 0 spiro atoms. The van der Waals surface area contributed by atoms with Gasteiger partial charge < -0.3 is 4.57 Å². The highest BCUT2D eigenvalue weighted by molar-refractivity contribution is 5.93. The summed E-state index contributed by atoms with van der Waals surface area (Å²) in [5.41, 5.74) is 0.503. The number of ketones is 1. The lowest BCUT2D eigenvalue weighted by Crippen LogP contribution is -2.13. The van der Waals surface area contributed by atoms with E-state index in [4.69, 9.17) is 0 Å². The van der Waals surface area contributed by atoms with Crippen LogP contribution in [0.2, 0.25) is 0 Å². The number of pyridine rings is 1. The number of nitrogens with zero attached hydrogens (tertiary/aromatic N) is 3. The Morgan fingerprint density at radius 3 is 2.88 bits per heavy atom. The first-order valence-electron chi connectivity index (χ1n) is 5.75. The summed E-state index contributed by atoms with van der Waals surface area (Å²) >= 11 is 0. The van der Waals surface area contributed by atoms with Gasteiger partial charge in [0.1, 0.15) is 11.5 Å². The molecule has 4 nitrogen and oxygen atoms in total. The zero-order valence-corrected chi connectivity index (χ0v) is 9.84. The van der Waals surface area contributed by atoms with Crippen LogP contribution in [0, 0.1) is 0 Å². The molecule has 0 saturated carbocycles. The minimum atomic E-state index is 0.0148. The third kappa shape index (κ3) is 2.78. The van der Waals surface area contributed by atoms with Crippen molar-refractivity contribution in [3.63, 3.8) is 0 Å². The monoisotopic (exact) mass is 229 g/mol. The SMILES string of the molecule is CCCc1nccn1CC(=O)c1ccccn1. The lowest BCUT2D eigenvalue weighted by atomic mass is 10.2. The van der Waals surface area contributed by atoms with Crippen molar-refractivity contribution in [1.29, 1.82) is 0 Å². The Labute approximate surface area is 100 Å². The average molecular weight is 229 g/mol. The largest absolute Gasteiger partial charge is 0.327 e. The Morgan fingerprint density at radius 2 is 2.18 bits per heavy atom. The number of carbonyl (C=O) groups excluding carboxylic acids is 1. The zero-order valence-electron chi connectivity index (χ0n) is 9.84. The van der Waals surface area contributed by atoms with Gasteiger partial charge in [-0.05, 0) is 18.6 Å². The van der Waals surface area contributed by atoms with E-state index in [0.717, 1.165) is 18.7 Å². The highest BCUT2D eigenvalue weighted by Gasteiger charge is 2.09. The summed E-state index contributed by atoms with van der Waals surface area (Å²) in [6.45, 7) is 2.41. The number of Topliss-reactive ketones (excluding diaryl/α,β-unsaturated/α-hetero) is 1. The summed E-state index contributed by atoms with van der Waals surface area (Å²) in [6, 6.07) is 5.36. The number of imidazole rings is 1. The summed E-state index contributed by atoms with van der Waals surface area (Å²) in [5.74, 6) is 0.970. The van der Waals surface area contributed by atoms with Gasteiger partial charge in [0.15, 0.2) is 0 Å². The van der Waals surface area contributed by atoms with Gasteiger partial charge in [-0.2, -0.15) is 0 Å². The van der Waals surface area contributed by atoms with Gasteiger partial charge in [0, 0.05) is 25.0 Å². The van der Waals surface area contributed by atoms with Gasteiger partial charge in [-0.15, -0.1) is 0 Å². The molecule has 0 unspecified atom stereocenters. The van der Waals surface area contributed by atoms with Crippen LogP contribution in [0.4, 0.5) is 0 Å². The fourth-order valence-electron chi connectivity index (χ4n) is 1.70. The molecule has 4 heteroatoms. The maximum atomic E-state index is 12.0. The fraction of sp³-hybridized carbons (Fsp3) is 0.308. The molecule has 2 aromatic rings. The Hall–Kier alpha value is -1.97. The van der Waals surface area contributed by atoms with Crippen molar-refractivity contribution in [3.8, 4) is 0 Å². The Morgan fingerprint density at radius 1 is 1.29 bits per heavy atom. The Bertz CT molecular complexity index is 490. The van der Waals surface area contributed by atoms with Crippen LogP contribution < -0.4 is 0 Å². The molecule has 0 aromatic carbocycles. The normalized spacial score (nSPS) is 10.4. The molecule has 2 rings (SSSR count). The van der Waals surface area contributed by atoms with Gasteiger partial charge in [0.2, 0.25) is 5.78 Å². The molecular weight excluding hydrogens is 214 g/mol. The van der Waals surface area contributed by atoms with Crippen LogP contribution in [-0.2, 0) is 13.0 Å². The summed E-state index contributed by atoms with van der Waals surface area (Å²) in [4.78, 5) is 20.3. The molecule has 0 aliphatic rings. The molecule has 2 aromatic heterocycles. The van der Waals surface area contributed by atoms with Crippen LogP contribution in [0.25, 0.3) is 0 Å². The maximum Gasteiger partial charge on any atom is 0.200 e. The molecule has 0 N–H and O–H groups in total. The van der Waals surface area contributed by atoms with Gasteiger partial charge >= 0.3 is 0 Å². The van der Waals surface area contributed by atoms with Crippen LogP contribution in [0.5, 0.6) is 0 Å². The number of hydrogen-bond donors (Lipinski definition) is 0. The van der Waals surface area contributed by atoms with E-state index < -0.39 is 0 Å². The van der Waals surface area contributed by atoms with Crippen molar-refractivity contribution < 1.29 is 4.79 Å². The van der Waals surface area contributed by atoms with Crippen molar-refractivity contribution in [2.24, 2.45) is 0 Å². The predicted octanol–water partition coefficient (Wildman–Crippen LogP) is 2.11. The van der Waals surface area contributed by atoms with Crippen LogP contribution in [0.15, 0.2) is 36.8 Å². The minimum absolute atomic E-state index is 0.0148. The summed E-state index contributed by atoms with van der Waals surface area (Å²) in [6.07, 6.45) is 7.12. The number of carbonyl (C=O) groups is 1. The van der Waals surface area contributed by atoms with Gasteiger partial charge in [-0.1, -0.05) is 13.0 Å². The van der Waals surface area contributed by atoms with Crippen molar-refractivity contribution in [2.45, 2.75) is 26.3 Å². The molecule has 0 aliphatic carbocycles. The topological polar surface area (TPSA) is 47.8 Å². The van der Waals surface area contributed by atoms with Crippen LogP contribution in [0.1, 0.15) is 29.7 Å². The minimum Gasteiger partial charge on any atom is -0.327 e. The van der Waals surface area contributed by atoms with Gasteiger partial charge in [0.25, 0.3) is 0 Å². The first kappa shape index (κ1) is 11.5. The fourth-order valence-corrected chi connectivity index (χ4v) is 1.70. The zero-order chi connectivity index (χ0) is 12.1. The average Bonchev–Trinajstić information content (AvgIpc) is 2.78. The third-order valence-corrected chi connectivity index (χ3v) is 2.54. The van der Waals surface area contributed by atoms with E-state index in [2.05, 4.69) is 16.9 Å². The highest BCUT2D eigenvalue weighted by atomic mass is 16.1. The van der Waals surface area contributed by atoms with E-state index >= 15 is 0 Å². The van der Waals surface area contributed by atoms with Gasteiger partial charge in [-0.3, -0.25) is 9.78 Å². The first-order valence-corrected chi connectivity index (χ1v) is 5.75. The second-order valence-electron chi connectivity index (χ2n) is 3.86. The smallest absolute Gasteiger partial charge is 0.200 e. The van der Waals surface area contributed by atoms with E-state index in [1.54, 1.807) is 24.5 Å². The summed E-state index contributed by atoms with van der Waals surface area (Å²) < 4.78 is 1.89. The second kappa shape index (κ2) is 5.39. The molecule has 0 aliphatic heterocycles. The molecule has 0 amide bonds. The highest BCUT2D eigenvalue weighted by Crippen LogP contribution is 2.04. The molecule has 2 heterocycles. The Balaban J connectivity index is 2.11. The van der Waals surface area contributed by atoms with E-state index in [0.29, 0.717) is 12.2 Å². The van der Waals surface area contributed by atoms with Gasteiger partial charge in [-0.25, -0.2) is 4.98 Å². The maximum absolute atomic E-state index is 12.0. The third-order valence-electron chi connectivity index (χ3n) is 2.54. The number of rotatable bonds is 5. The molecule has 0 fully saturated rings. The second-order valence-corrected chi connectivity index (χ2v) is 3.86. The van der Waals surface area contributed by atoms with E-state index in [-0.39, 0.29) is 5.78 Å². The summed E-state index contributed by atoms with van der Waals surface area (Å²) in [7, 11) is 0. The molecule has 88 valence electrons. The number of aromatic nitrogens is 3. The summed E-state index contributed by atoms with van der Waals surface area (Å²) in [5, 5.41) is 0. The predicted molar refractivity (Wildman–Crippen MR) is 64.8 cm³/mol. The quantitative estimate of drug-likeness (QED) is 0.738. The molecular formula is C13H15N3O. The van der Waals surface area contributed by atoms with Crippen LogP contribution >= 0.6 is 0 Å². The number of aryl methyl sites for hydroxylation is 1. The van der Waals surface area contributed by atoms with E-state index in [1.165, 1.54) is 0 Å². The van der Waals surface area contributed by atoms with E-state index in [9.17, 15) is 4.79 Å². The van der Waals surface area contributed by atoms with Crippen LogP contribution in [-0.4, -0.2) is 20.3 Å². The molecule has 17 heavy (non-hydrogen) atoms. The molecule has 0 saturated heterocycles. The van der Waals surface area contributed by atoms with Crippen molar-refractivity contribution >= 4 is 5.78 Å². The molecule has 0 atom stereocenters. The standard InChI is InChI=1S/C13H15N3O/c1-2-5-13-15-8-9-16(13)10-12(17)11-6-3-4-7-14-11/h3-4,6-9H,2,5,10H2,1H3.